The molecule has 3 rings (SSSR count). The highest BCUT2D eigenvalue weighted by atomic mass is 19.1. The molecular formula is C18H21FN2O2. The van der Waals surface area contributed by atoms with Crippen molar-refractivity contribution in [1.82, 2.24) is 5.32 Å². The normalized spacial score (nSPS) is 15.4. The molecule has 1 fully saturated rings. The second-order valence-corrected chi connectivity index (χ2v) is 5.99. The molecule has 0 spiro atoms. The van der Waals surface area contributed by atoms with E-state index in [1.807, 2.05) is 0 Å². The van der Waals surface area contributed by atoms with Crippen molar-refractivity contribution in [3.63, 3.8) is 0 Å². The van der Waals surface area contributed by atoms with Crippen LogP contribution in [0.15, 0.2) is 40.8 Å². The van der Waals surface area contributed by atoms with Gasteiger partial charge in [0.1, 0.15) is 17.3 Å². The maximum absolute atomic E-state index is 13.7. The van der Waals surface area contributed by atoms with E-state index in [1.54, 1.807) is 30.3 Å². The fourth-order valence-electron chi connectivity index (χ4n) is 2.70. The number of carbonyl (C=O) groups excluding carboxylic acids is 1. The van der Waals surface area contributed by atoms with Crippen LogP contribution in [-0.2, 0) is 11.2 Å². The van der Waals surface area contributed by atoms with Crippen molar-refractivity contribution in [2.75, 3.05) is 6.54 Å². The van der Waals surface area contributed by atoms with Gasteiger partial charge in [0.05, 0.1) is 5.56 Å². The van der Waals surface area contributed by atoms with Gasteiger partial charge in [0.15, 0.2) is 0 Å². The van der Waals surface area contributed by atoms with Crippen molar-refractivity contribution in [2.24, 2.45) is 11.7 Å². The zero-order valence-electron chi connectivity index (χ0n) is 12.9. The molecule has 23 heavy (non-hydrogen) atoms. The minimum Gasteiger partial charge on any atom is -0.461 e. The highest BCUT2D eigenvalue weighted by Crippen LogP contribution is 2.32. The molecule has 1 aliphatic carbocycles. The number of furan rings is 1. The maximum Gasteiger partial charge on any atom is 0.220 e. The van der Waals surface area contributed by atoms with E-state index in [4.69, 9.17) is 10.2 Å². The molecule has 1 atom stereocenters. The second-order valence-electron chi connectivity index (χ2n) is 5.99. The minimum absolute atomic E-state index is 0.0174. The predicted octanol–water partition coefficient (Wildman–Crippen LogP) is 2.87. The number of amides is 1. The molecule has 4 nitrogen and oxygen atoms in total. The van der Waals surface area contributed by atoms with E-state index in [9.17, 15) is 9.18 Å². The average molecular weight is 316 g/mol. The number of carbonyl (C=O) groups is 1. The van der Waals surface area contributed by atoms with E-state index in [1.165, 1.54) is 6.07 Å². The van der Waals surface area contributed by atoms with Crippen LogP contribution in [0.1, 0.15) is 25.0 Å². The van der Waals surface area contributed by atoms with Gasteiger partial charge in [-0.05, 0) is 43.0 Å². The Morgan fingerprint density at radius 2 is 2.09 bits per heavy atom. The number of halogens is 1. The Morgan fingerprint density at radius 3 is 2.78 bits per heavy atom. The number of benzene rings is 1. The highest BCUT2D eigenvalue weighted by molar-refractivity contribution is 5.76. The number of nitrogens with one attached hydrogen (secondary N) is 1. The van der Waals surface area contributed by atoms with Crippen molar-refractivity contribution < 1.29 is 13.6 Å². The van der Waals surface area contributed by atoms with Crippen LogP contribution >= 0.6 is 0 Å². The van der Waals surface area contributed by atoms with Gasteiger partial charge in [-0.15, -0.1) is 0 Å². The van der Waals surface area contributed by atoms with Crippen molar-refractivity contribution in [1.29, 1.82) is 0 Å². The summed E-state index contributed by atoms with van der Waals surface area (Å²) in [6.45, 7) is 0.481. The molecule has 1 aromatic heterocycles. The third-order valence-electron chi connectivity index (χ3n) is 4.19. The summed E-state index contributed by atoms with van der Waals surface area (Å²) in [6, 6.07) is 10.1. The van der Waals surface area contributed by atoms with Crippen LogP contribution < -0.4 is 11.1 Å². The lowest BCUT2D eigenvalue weighted by Gasteiger charge is -2.15. The van der Waals surface area contributed by atoms with Crippen LogP contribution in [0.25, 0.3) is 11.3 Å². The summed E-state index contributed by atoms with van der Waals surface area (Å²) in [5, 5.41) is 2.98. The first-order chi connectivity index (χ1) is 11.2. The van der Waals surface area contributed by atoms with Crippen LogP contribution in [0.2, 0.25) is 0 Å². The van der Waals surface area contributed by atoms with Crippen LogP contribution in [0.4, 0.5) is 4.39 Å². The lowest BCUT2D eigenvalue weighted by Crippen LogP contribution is -2.41. The number of hydrogen-bond acceptors (Lipinski definition) is 3. The van der Waals surface area contributed by atoms with Crippen LogP contribution in [0.5, 0.6) is 0 Å². The van der Waals surface area contributed by atoms with Crippen LogP contribution in [0.3, 0.4) is 0 Å². The summed E-state index contributed by atoms with van der Waals surface area (Å²) in [4.78, 5) is 12.0. The number of nitrogens with two attached hydrogens (primary N) is 1. The lowest BCUT2D eigenvalue weighted by atomic mass is 10.1. The Kier molecular flexibility index (Phi) is 4.76. The number of hydrogen-bond donors (Lipinski definition) is 2. The molecular weight excluding hydrogens is 295 g/mol. The molecule has 0 saturated heterocycles. The molecule has 5 heteroatoms. The summed E-state index contributed by atoms with van der Waals surface area (Å²) in [5.74, 6) is 1.36. The van der Waals surface area contributed by atoms with Gasteiger partial charge in [-0.25, -0.2) is 4.39 Å². The third kappa shape index (κ3) is 3.99. The topological polar surface area (TPSA) is 68.3 Å². The molecule has 0 aliphatic heterocycles. The van der Waals surface area contributed by atoms with Crippen molar-refractivity contribution in [3.05, 3.63) is 48.0 Å². The fraction of sp³-hybridized carbons (Fsp3) is 0.389. The van der Waals surface area contributed by atoms with Gasteiger partial charge < -0.3 is 15.5 Å². The smallest absolute Gasteiger partial charge is 0.220 e. The zero-order valence-corrected chi connectivity index (χ0v) is 12.9. The molecule has 1 aromatic carbocycles. The van der Waals surface area contributed by atoms with Gasteiger partial charge in [0.25, 0.3) is 0 Å². The van der Waals surface area contributed by atoms with E-state index in [2.05, 4.69) is 5.32 Å². The molecule has 122 valence electrons. The molecule has 3 N–H and O–H groups in total. The monoisotopic (exact) mass is 316 g/mol. The lowest BCUT2D eigenvalue weighted by molar-refractivity contribution is -0.121. The Labute approximate surface area is 134 Å². The Morgan fingerprint density at radius 1 is 1.30 bits per heavy atom. The van der Waals surface area contributed by atoms with Gasteiger partial charge in [0, 0.05) is 25.4 Å². The molecule has 1 saturated carbocycles. The largest absolute Gasteiger partial charge is 0.461 e. The van der Waals surface area contributed by atoms with Crippen molar-refractivity contribution in [3.8, 4) is 11.3 Å². The molecule has 1 aliphatic rings. The first-order valence-corrected chi connectivity index (χ1v) is 8.00. The molecule has 1 heterocycles. The third-order valence-corrected chi connectivity index (χ3v) is 4.19. The Bertz CT molecular complexity index is 679. The highest BCUT2D eigenvalue weighted by Gasteiger charge is 2.31. The van der Waals surface area contributed by atoms with E-state index in [0.29, 0.717) is 42.4 Å². The molecule has 0 bridgehead atoms. The standard InChI is InChI=1S/C18H21FN2O2/c19-15-4-2-1-3-14(15)17-9-7-13(23-17)8-10-18(22)21-16(11-20)12-5-6-12/h1-4,7,9,12,16H,5-6,8,10-11,20H2,(H,21,22). The summed E-state index contributed by atoms with van der Waals surface area (Å²) in [5.41, 5.74) is 6.11. The summed E-state index contributed by atoms with van der Waals surface area (Å²) < 4.78 is 19.4. The fourth-order valence-corrected chi connectivity index (χ4v) is 2.70. The first kappa shape index (κ1) is 15.7. The van der Waals surface area contributed by atoms with Gasteiger partial charge >= 0.3 is 0 Å². The first-order valence-electron chi connectivity index (χ1n) is 8.00. The molecule has 0 radical (unpaired) electrons. The van der Waals surface area contributed by atoms with Crippen molar-refractivity contribution >= 4 is 5.91 Å². The summed E-state index contributed by atoms with van der Waals surface area (Å²) in [7, 11) is 0. The van der Waals surface area contributed by atoms with Gasteiger partial charge in [-0.3, -0.25) is 4.79 Å². The number of rotatable bonds is 7. The molecule has 2 aromatic rings. The van der Waals surface area contributed by atoms with E-state index >= 15 is 0 Å². The van der Waals surface area contributed by atoms with Gasteiger partial charge in [-0.1, -0.05) is 12.1 Å². The predicted molar refractivity (Wildman–Crippen MR) is 86.1 cm³/mol. The summed E-state index contributed by atoms with van der Waals surface area (Å²) >= 11 is 0. The molecule has 1 unspecified atom stereocenters. The maximum atomic E-state index is 13.7. The van der Waals surface area contributed by atoms with Crippen LogP contribution in [0, 0.1) is 11.7 Å². The average Bonchev–Trinajstić information content (AvgIpc) is 3.29. The van der Waals surface area contributed by atoms with E-state index in [-0.39, 0.29) is 17.8 Å². The van der Waals surface area contributed by atoms with Crippen molar-refractivity contribution in [2.45, 2.75) is 31.7 Å². The minimum atomic E-state index is -0.318. The quantitative estimate of drug-likeness (QED) is 0.825. The number of aryl methyl sites for hydroxylation is 1. The molecule has 1 amide bonds. The van der Waals surface area contributed by atoms with Gasteiger partial charge in [-0.2, -0.15) is 0 Å². The zero-order chi connectivity index (χ0) is 16.2. The van der Waals surface area contributed by atoms with Crippen LogP contribution in [-0.4, -0.2) is 18.5 Å². The van der Waals surface area contributed by atoms with E-state index < -0.39 is 0 Å². The van der Waals surface area contributed by atoms with Gasteiger partial charge in [0.2, 0.25) is 5.91 Å². The summed E-state index contributed by atoms with van der Waals surface area (Å²) in [6.07, 6.45) is 3.12. The Balaban J connectivity index is 1.55. The van der Waals surface area contributed by atoms with E-state index in [0.717, 1.165) is 12.8 Å². The second kappa shape index (κ2) is 6.96. The SMILES string of the molecule is NCC(NC(=O)CCc1ccc(-c2ccccc2F)o1)C1CC1. The Hall–Kier alpha value is -2.14.